The van der Waals surface area contributed by atoms with Crippen LogP contribution < -0.4 is 5.32 Å². The zero-order valence-corrected chi connectivity index (χ0v) is 10.5. The summed E-state index contributed by atoms with van der Waals surface area (Å²) >= 11 is 0. The van der Waals surface area contributed by atoms with E-state index in [2.05, 4.69) is 5.32 Å². The van der Waals surface area contributed by atoms with Crippen molar-refractivity contribution in [2.75, 3.05) is 25.1 Å². The van der Waals surface area contributed by atoms with Gasteiger partial charge in [0.05, 0.1) is 11.5 Å². The number of hydrogen-bond donors (Lipinski definition) is 1. The number of rotatable bonds is 4. The molecule has 1 aliphatic rings. The van der Waals surface area contributed by atoms with E-state index in [0.717, 1.165) is 32.6 Å². The lowest BCUT2D eigenvalue weighted by Crippen LogP contribution is -2.24. The fourth-order valence-corrected chi connectivity index (χ4v) is 2.12. The first-order chi connectivity index (χ1) is 9.20. The van der Waals surface area contributed by atoms with Gasteiger partial charge in [0.15, 0.2) is 0 Å². The smallest absolute Gasteiger partial charge is 0.289 e. The molecule has 0 amide bonds. The number of nitro benzene ring substituents is 1. The van der Waals surface area contributed by atoms with Gasteiger partial charge in [-0.15, -0.1) is 0 Å². The molecule has 6 nitrogen and oxygen atoms in total. The molecule has 0 spiro atoms. The predicted octanol–water partition coefficient (Wildman–Crippen LogP) is 2.30. The lowest BCUT2D eigenvalue weighted by Gasteiger charge is -2.22. The molecule has 2 rings (SSSR count). The van der Waals surface area contributed by atoms with Crippen molar-refractivity contribution in [2.24, 2.45) is 5.92 Å². The van der Waals surface area contributed by atoms with Crippen molar-refractivity contribution >= 4 is 11.4 Å². The van der Waals surface area contributed by atoms with Crippen LogP contribution in [0, 0.1) is 27.4 Å². The summed E-state index contributed by atoms with van der Waals surface area (Å²) in [6.45, 7) is 2.27. The Morgan fingerprint density at radius 1 is 1.58 bits per heavy atom. The summed E-state index contributed by atoms with van der Waals surface area (Å²) in [5.41, 5.74) is 0.584. The molecule has 1 atom stereocenters. The molecule has 1 aliphatic heterocycles. The van der Waals surface area contributed by atoms with Crippen molar-refractivity contribution in [2.45, 2.75) is 12.8 Å². The summed E-state index contributed by atoms with van der Waals surface area (Å²) in [5, 5.41) is 22.8. The zero-order valence-electron chi connectivity index (χ0n) is 10.5. The quantitative estimate of drug-likeness (QED) is 0.663. The van der Waals surface area contributed by atoms with Crippen LogP contribution in [0.25, 0.3) is 0 Å². The van der Waals surface area contributed by atoms with E-state index in [1.54, 1.807) is 6.07 Å². The molecule has 19 heavy (non-hydrogen) atoms. The highest BCUT2D eigenvalue weighted by Crippen LogP contribution is 2.23. The molecule has 0 aromatic heterocycles. The molecule has 1 fully saturated rings. The van der Waals surface area contributed by atoms with Crippen molar-refractivity contribution in [1.29, 1.82) is 5.26 Å². The second-order valence-corrected chi connectivity index (χ2v) is 4.56. The Morgan fingerprint density at radius 2 is 2.42 bits per heavy atom. The molecule has 0 bridgehead atoms. The Balaban J connectivity index is 2.02. The van der Waals surface area contributed by atoms with Gasteiger partial charge in [0.1, 0.15) is 11.6 Å². The summed E-state index contributed by atoms with van der Waals surface area (Å²) < 4.78 is 5.38. The highest BCUT2D eigenvalue weighted by atomic mass is 16.6. The highest BCUT2D eigenvalue weighted by Gasteiger charge is 2.16. The number of nitrogens with zero attached hydrogens (tertiary/aromatic N) is 2. The maximum Gasteiger partial charge on any atom is 0.289 e. The van der Waals surface area contributed by atoms with E-state index < -0.39 is 4.92 Å². The van der Waals surface area contributed by atoms with E-state index in [-0.39, 0.29) is 11.3 Å². The van der Waals surface area contributed by atoms with Crippen LogP contribution in [-0.2, 0) is 4.74 Å². The van der Waals surface area contributed by atoms with Crippen LogP contribution >= 0.6 is 0 Å². The van der Waals surface area contributed by atoms with Crippen molar-refractivity contribution in [1.82, 2.24) is 0 Å². The van der Waals surface area contributed by atoms with Gasteiger partial charge in [-0.1, -0.05) is 0 Å². The van der Waals surface area contributed by atoms with Crippen molar-refractivity contribution in [3.8, 4) is 6.07 Å². The maximum absolute atomic E-state index is 10.8. The van der Waals surface area contributed by atoms with Crippen LogP contribution in [0.5, 0.6) is 0 Å². The lowest BCUT2D eigenvalue weighted by molar-refractivity contribution is -0.385. The van der Waals surface area contributed by atoms with E-state index in [1.165, 1.54) is 12.1 Å². The van der Waals surface area contributed by atoms with Crippen LogP contribution in [0.15, 0.2) is 18.2 Å². The summed E-state index contributed by atoms with van der Waals surface area (Å²) in [6.07, 6.45) is 2.16. The molecule has 0 radical (unpaired) electrons. The molecule has 100 valence electrons. The SMILES string of the molecule is N#Cc1ccc(NCC2CCCOC2)cc1[N+](=O)[O-]. The number of hydrogen-bond acceptors (Lipinski definition) is 5. The minimum absolute atomic E-state index is 0.0801. The molecule has 0 saturated carbocycles. The molecule has 1 heterocycles. The Labute approximate surface area is 111 Å². The minimum Gasteiger partial charge on any atom is -0.384 e. The third kappa shape index (κ3) is 3.42. The highest BCUT2D eigenvalue weighted by molar-refractivity contribution is 5.59. The number of benzene rings is 1. The second-order valence-electron chi connectivity index (χ2n) is 4.56. The number of anilines is 1. The van der Waals surface area contributed by atoms with Crippen LogP contribution in [0.1, 0.15) is 18.4 Å². The summed E-state index contributed by atoms with van der Waals surface area (Å²) in [5.74, 6) is 0.434. The number of nitriles is 1. The Kier molecular flexibility index (Phi) is 4.31. The fraction of sp³-hybridized carbons (Fsp3) is 0.462. The van der Waals surface area contributed by atoms with Crippen molar-refractivity contribution in [3.63, 3.8) is 0 Å². The van der Waals surface area contributed by atoms with Gasteiger partial charge in [0.25, 0.3) is 5.69 Å². The van der Waals surface area contributed by atoms with Gasteiger partial charge >= 0.3 is 0 Å². The van der Waals surface area contributed by atoms with Gasteiger partial charge in [0.2, 0.25) is 0 Å². The average molecular weight is 261 g/mol. The molecular weight excluding hydrogens is 246 g/mol. The average Bonchev–Trinajstić information content (AvgIpc) is 2.46. The van der Waals surface area contributed by atoms with Gasteiger partial charge in [-0.25, -0.2) is 0 Å². The Morgan fingerprint density at radius 3 is 3.05 bits per heavy atom. The van der Waals surface area contributed by atoms with Crippen molar-refractivity contribution < 1.29 is 9.66 Å². The third-order valence-corrected chi connectivity index (χ3v) is 3.16. The monoisotopic (exact) mass is 261 g/mol. The Bertz CT molecular complexity index is 504. The zero-order chi connectivity index (χ0) is 13.7. The van der Waals surface area contributed by atoms with E-state index in [1.807, 2.05) is 6.07 Å². The van der Waals surface area contributed by atoms with Crippen molar-refractivity contribution in [3.05, 3.63) is 33.9 Å². The van der Waals surface area contributed by atoms with Gasteiger partial charge in [0, 0.05) is 24.9 Å². The van der Waals surface area contributed by atoms with Gasteiger partial charge < -0.3 is 10.1 Å². The molecular formula is C13H15N3O3. The van der Waals surface area contributed by atoms with Crippen LogP contribution in [0.2, 0.25) is 0 Å². The topological polar surface area (TPSA) is 88.2 Å². The number of nitro groups is 1. The number of nitrogens with one attached hydrogen (secondary N) is 1. The first-order valence-electron chi connectivity index (χ1n) is 6.21. The molecule has 1 aromatic rings. The third-order valence-electron chi connectivity index (χ3n) is 3.16. The largest absolute Gasteiger partial charge is 0.384 e. The molecule has 1 aromatic carbocycles. The van der Waals surface area contributed by atoms with Gasteiger partial charge in [-0.2, -0.15) is 5.26 Å². The fourth-order valence-electron chi connectivity index (χ4n) is 2.12. The molecule has 0 aliphatic carbocycles. The Hall–Kier alpha value is -2.13. The minimum atomic E-state index is -0.534. The van der Waals surface area contributed by atoms with E-state index in [9.17, 15) is 10.1 Å². The first kappa shape index (κ1) is 13.3. The molecule has 1 N–H and O–H groups in total. The standard InChI is InChI=1S/C13H15N3O3/c14-7-11-3-4-12(6-13(11)16(17)18)15-8-10-2-1-5-19-9-10/h3-4,6,10,15H,1-2,5,8-9H2. The van der Waals surface area contributed by atoms with E-state index in [4.69, 9.17) is 10.00 Å². The van der Waals surface area contributed by atoms with E-state index >= 15 is 0 Å². The molecule has 1 unspecified atom stereocenters. The van der Waals surface area contributed by atoms with Crippen LogP contribution in [0.4, 0.5) is 11.4 Å². The summed E-state index contributed by atoms with van der Waals surface area (Å²) in [6, 6.07) is 6.38. The summed E-state index contributed by atoms with van der Waals surface area (Å²) in [7, 11) is 0. The maximum atomic E-state index is 10.8. The van der Waals surface area contributed by atoms with Gasteiger partial charge in [-0.3, -0.25) is 10.1 Å². The number of ether oxygens (including phenoxy) is 1. The van der Waals surface area contributed by atoms with Crippen LogP contribution in [0.3, 0.4) is 0 Å². The first-order valence-corrected chi connectivity index (χ1v) is 6.21. The molecule has 1 saturated heterocycles. The summed E-state index contributed by atoms with van der Waals surface area (Å²) in [4.78, 5) is 10.3. The van der Waals surface area contributed by atoms with Gasteiger partial charge in [-0.05, 0) is 30.9 Å². The lowest BCUT2D eigenvalue weighted by atomic mass is 10.0. The van der Waals surface area contributed by atoms with Crippen LogP contribution in [-0.4, -0.2) is 24.7 Å². The molecule has 6 heteroatoms. The second kappa shape index (κ2) is 6.16. The van der Waals surface area contributed by atoms with E-state index in [0.29, 0.717) is 11.6 Å². The predicted molar refractivity (Wildman–Crippen MR) is 69.8 cm³/mol. The normalized spacial score (nSPS) is 18.6.